The van der Waals surface area contributed by atoms with E-state index in [1.165, 1.54) is 5.56 Å². The number of nitriles is 1. The van der Waals surface area contributed by atoms with Crippen LogP contribution in [0.25, 0.3) is 11.0 Å². The number of hydrogen-bond acceptors (Lipinski definition) is 7. The number of fused-ring (bicyclic) bond motifs is 1. The van der Waals surface area contributed by atoms with Crippen molar-refractivity contribution in [2.45, 2.75) is 50.8 Å². The summed E-state index contributed by atoms with van der Waals surface area (Å²) in [6, 6.07) is 15.0. The molecule has 0 aliphatic carbocycles. The van der Waals surface area contributed by atoms with E-state index in [4.69, 9.17) is 14.4 Å². The Kier molecular flexibility index (Phi) is 8.42. The molecule has 0 unspecified atom stereocenters. The quantitative estimate of drug-likeness (QED) is 0.409. The van der Waals surface area contributed by atoms with Crippen molar-refractivity contribution in [3.8, 4) is 11.8 Å². The van der Waals surface area contributed by atoms with Crippen molar-refractivity contribution in [2.24, 2.45) is 0 Å². The van der Waals surface area contributed by atoms with Crippen LogP contribution in [0.3, 0.4) is 0 Å². The van der Waals surface area contributed by atoms with Gasteiger partial charge in [-0.3, -0.25) is 9.69 Å². The van der Waals surface area contributed by atoms with Crippen LogP contribution in [-0.2, 0) is 17.8 Å². The number of halogens is 1. The topological polar surface area (TPSA) is 108 Å². The number of rotatable bonds is 7. The molecule has 2 aliphatic rings. The van der Waals surface area contributed by atoms with Crippen LogP contribution in [-0.4, -0.2) is 49.1 Å². The highest BCUT2D eigenvalue weighted by atomic mass is 79.9. The lowest BCUT2D eigenvalue weighted by atomic mass is 10.0. The van der Waals surface area contributed by atoms with Crippen molar-refractivity contribution < 1.29 is 13.9 Å². The van der Waals surface area contributed by atoms with E-state index in [2.05, 4.69) is 55.7 Å². The van der Waals surface area contributed by atoms with E-state index >= 15 is 0 Å². The van der Waals surface area contributed by atoms with Gasteiger partial charge in [-0.15, -0.1) is 0 Å². The molecule has 3 heterocycles. The van der Waals surface area contributed by atoms with Crippen LogP contribution in [0.15, 0.2) is 56.1 Å². The van der Waals surface area contributed by atoms with Gasteiger partial charge in [-0.1, -0.05) is 6.07 Å². The maximum atomic E-state index is 12.7. The molecule has 0 spiro atoms. The molecule has 2 fully saturated rings. The summed E-state index contributed by atoms with van der Waals surface area (Å²) in [4.78, 5) is 27.4. The van der Waals surface area contributed by atoms with Gasteiger partial charge in [-0.25, -0.2) is 4.79 Å². The van der Waals surface area contributed by atoms with Gasteiger partial charge in [0.15, 0.2) is 0 Å². The number of likely N-dealkylation sites (tertiary alicyclic amines) is 1. The number of amides is 1. The van der Waals surface area contributed by atoms with Crippen LogP contribution in [0.2, 0.25) is 0 Å². The monoisotopic (exact) mass is 578 g/mol. The number of nitrogens with one attached hydrogen (secondary N) is 2. The smallest absolute Gasteiger partial charge is 0.339 e. The Morgan fingerprint density at radius 3 is 2.66 bits per heavy atom. The van der Waals surface area contributed by atoms with Gasteiger partial charge >= 0.3 is 5.63 Å². The van der Waals surface area contributed by atoms with Gasteiger partial charge < -0.3 is 19.8 Å². The Labute approximate surface area is 230 Å². The van der Waals surface area contributed by atoms with E-state index < -0.39 is 5.63 Å². The number of hydrogen-bond donors (Lipinski definition) is 2. The lowest BCUT2D eigenvalue weighted by Crippen LogP contribution is -2.45. The fraction of sp³-hybridized carbons (Fsp3) is 0.414. The molecule has 8 nitrogen and oxygen atoms in total. The second kappa shape index (κ2) is 12.1. The van der Waals surface area contributed by atoms with Crippen LogP contribution in [0.4, 0.5) is 0 Å². The standard InChI is InChI=1S/C29H31BrN4O4/c30-25-14-20(2-4-27(25)37-24-5-9-32-10-6-24)18-34-11-7-23(8-12-34)33-28(35)16-22-15-21-13-19(17-31)1-3-26(21)38-29(22)36/h1-4,13-15,23-24,32H,5-12,16,18H2,(H,33,35). The number of piperidine rings is 2. The highest BCUT2D eigenvalue weighted by Gasteiger charge is 2.22. The van der Waals surface area contributed by atoms with E-state index in [9.17, 15) is 9.59 Å². The summed E-state index contributed by atoms with van der Waals surface area (Å²) in [5, 5.41) is 16.2. The minimum atomic E-state index is -0.523. The molecule has 0 saturated carbocycles. The molecule has 0 atom stereocenters. The molecular formula is C29H31BrN4O4. The van der Waals surface area contributed by atoms with Gasteiger partial charge in [-0.2, -0.15) is 5.26 Å². The summed E-state index contributed by atoms with van der Waals surface area (Å²) >= 11 is 3.68. The Morgan fingerprint density at radius 1 is 1.13 bits per heavy atom. The molecular weight excluding hydrogens is 548 g/mol. The van der Waals surface area contributed by atoms with Gasteiger partial charge in [-0.05, 0) is 96.7 Å². The Hall–Kier alpha value is -3.19. The van der Waals surface area contributed by atoms with Crippen molar-refractivity contribution in [3.05, 3.63) is 74.0 Å². The minimum Gasteiger partial charge on any atom is -0.489 e. The maximum absolute atomic E-state index is 12.7. The summed E-state index contributed by atoms with van der Waals surface area (Å²) in [5.74, 6) is 0.702. The van der Waals surface area contributed by atoms with Gasteiger partial charge in [0.05, 0.1) is 22.5 Å². The zero-order valence-corrected chi connectivity index (χ0v) is 22.8. The molecule has 9 heteroatoms. The zero-order chi connectivity index (χ0) is 26.5. The molecule has 38 heavy (non-hydrogen) atoms. The van der Waals surface area contributed by atoms with E-state index in [1.807, 2.05) is 0 Å². The van der Waals surface area contributed by atoms with Crippen molar-refractivity contribution in [3.63, 3.8) is 0 Å². The average Bonchev–Trinajstić information content (AvgIpc) is 2.92. The van der Waals surface area contributed by atoms with E-state index in [1.54, 1.807) is 24.3 Å². The number of ether oxygens (including phenoxy) is 1. The van der Waals surface area contributed by atoms with Crippen molar-refractivity contribution >= 4 is 32.8 Å². The molecule has 1 aromatic heterocycles. The third kappa shape index (κ3) is 6.62. The molecule has 5 rings (SSSR count). The average molecular weight is 579 g/mol. The summed E-state index contributed by atoms with van der Waals surface area (Å²) in [7, 11) is 0. The number of carbonyl (C=O) groups is 1. The van der Waals surface area contributed by atoms with Crippen molar-refractivity contribution in [1.82, 2.24) is 15.5 Å². The Bertz CT molecular complexity index is 1400. The molecule has 2 aliphatic heterocycles. The van der Waals surface area contributed by atoms with E-state index in [0.29, 0.717) is 22.1 Å². The molecule has 3 aromatic rings. The Balaban J connectivity index is 1.10. The third-order valence-corrected chi connectivity index (χ3v) is 7.84. The van der Waals surface area contributed by atoms with Gasteiger partial charge in [0.1, 0.15) is 17.4 Å². The molecule has 2 aromatic carbocycles. The molecule has 2 saturated heterocycles. The molecule has 1 amide bonds. The fourth-order valence-corrected chi connectivity index (χ4v) is 5.66. The lowest BCUT2D eigenvalue weighted by Gasteiger charge is -2.32. The van der Waals surface area contributed by atoms with Crippen molar-refractivity contribution in [1.29, 1.82) is 5.26 Å². The van der Waals surface area contributed by atoms with Crippen molar-refractivity contribution in [2.75, 3.05) is 26.2 Å². The highest BCUT2D eigenvalue weighted by Crippen LogP contribution is 2.29. The number of carbonyl (C=O) groups excluding carboxylic acids is 1. The molecule has 0 radical (unpaired) electrons. The fourth-order valence-electron chi connectivity index (χ4n) is 5.14. The maximum Gasteiger partial charge on any atom is 0.339 e. The third-order valence-electron chi connectivity index (χ3n) is 7.22. The van der Waals surface area contributed by atoms with Crippen LogP contribution in [0, 0.1) is 11.3 Å². The first-order valence-corrected chi connectivity index (χ1v) is 13.9. The lowest BCUT2D eigenvalue weighted by molar-refractivity contribution is -0.121. The van der Waals surface area contributed by atoms with Crippen LogP contribution < -0.4 is 21.0 Å². The number of nitrogens with zero attached hydrogens (tertiary/aromatic N) is 2. The zero-order valence-electron chi connectivity index (χ0n) is 21.2. The van der Waals surface area contributed by atoms with Crippen LogP contribution >= 0.6 is 15.9 Å². The summed E-state index contributed by atoms with van der Waals surface area (Å²) in [6.07, 6.45) is 3.97. The predicted octanol–water partition coefficient (Wildman–Crippen LogP) is 3.88. The SMILES string of the molecule is N#Cc1ccc2oc(=O)c(CC(=O)NC3CCN(Cc4ccc(OC5CCNCC5)c(Br)c4)CC3)cc2c1. The van der Waals surface area contributed by atoms with Gasteiger partial charge in [0.25, 0.3) is 0 Å². The predicted molar refractivity (Wildman–Crippen MR) is 148 cm³/mol. The van der Waals surface area contributed by atoms with E-state index in [0.717, 1.165) is 68.6 Å². The number of benzene rings is 2. The largest absolute Gasteiger partial charge is 0.489 e. The first-order valence-electron chi connectivity index (χ1n) is 13.1. The van der Waals surface area contributed by atoms with Gasteiger partial charge in [0.2, 0.25) is 5.91 Å². The van der Waals surface area contributed by atoms with E-state index in [-0.39, 0.29) is 24.5 Å². The normalized spacial score (nSPS) is 17.3. The highest BCUT2D eigenvalue weighted by molar-refractivity contribution is 9.10. The molecule has 2 N–H and O–H groups in total. The second-order valence-corrected chi connectivity index (χ2v) is 10.9. The summed E-state index contributed by atoms with van der Waals surface area (Å²) < 4.78 is 12.5. The van der Waals surface area contributed by atoms with Crippen LogP contribution in [0.1, 0.15) is 42.4 Å². The first-order chi connectivity index (χ1) is 18.5. The van der Waals surface area contributed by atoms with Crippen LogP contribution in [0.5, 0.6) is 5.75 Å². The Morgan fingerprint density at radius 2 is 1.92 bits per heavy atom. The second-order valence-electron chi connectivity index (χ2n) is 10.1. The molecule has 198 valence electrons. The summed E-state index contributed by atoms with van der Waals surface area (Å²) in [6.45, 7) is 4.60. The first kappa shape index (κ1) is 26.4. The molecule has 0 bridgehead atoms. The van der Waals surface area contributed by atoms with Gasteiger partial charge in [0, 0.05) is 36.6 Å². The summed E-state index contributed by atoms with van der Waals surface area (Å²) in [5.41, 5.74) is 1.87. The minimum absolute atomic E-state index is 0.0465.